The zero-order chi connectivity index (χ0) is 14.7. The van der Waals surface area contributed by atoms with Crippen molar-refractivity contribution in [1.82, 2.24) is 15.1 Å². The van der Waals surface area contributed by atoms with Gasteiger partial charge in [0, 0.05) is 6.04 Å². The van der Waals surface area contributed by atoms with E-state index < -0.39 is 0 Å². The smallest absolute Gasteiger partial charge is 0.244 e. The molecule has 0 aliphatic heterocycles. The first-order valence-electron chi connectivity index (χ1n) is 7.52. The number of nitrogens with zero attached hydrogens (tertiary/aromatic N) is 2. The lowest BCUT2D eigenvalue weighted by atomic mass is 10.1. The number of hydrogen-bond donors (Lipinski definition) is 1. The molecule has 1 aliphatic rings. The van der Waals surface area contributed by atoms with Crippen LogP contribution in [0.4, 0.5) is 0 Å². The van der Waals surface area contributed by atoms with Crippen LogP contribution in [0.3, 0.4) is 0 Å². The lowest BCUT2D eigenvalue weighted by molar-refractivity contribution is -0.125. The quantitative estimate of drug-likeness (QED) is 0.867. The second-order valence-electron chi connectivity index (χ2n) is 5.80. The highest BCUT2D eigenvalue weighted by Crippen LogP contribution is 2.23. The van der Waals surface area contributed by atoms with Crippen LogP contribution in [0.1, 0.15) is 62.9 Å². The molecule has 1 heterocycles. The molecule has 1 unspecified atom stereocenters. The molecule has 1 aliphatic carbocycles. The van der Waals surface area contributed by atoms with Crippen LogP contribution < -0.4 is 5.32 Å². The van der Waals surface area contributed by atoms with Crippen molar-refractivity contribution in [1.29, 1.82) is 0 Å². The number of rotatable bonds is 3. The highest BCUT2D eigenvalue weighted by atomic mass is 35.5. The molecule has 0 aromatic carbocycles. The van der Waals surface area contributed by atoms with Crippen LogP contribution in [0.25, 0.3) is 0 Å². The van der Waals surface area contributed by atoms with E-state index in [0.717, 1.165) is 24.2 Å². The fraction of sp³-hybridized carbons (Fsp3) is 0.733. The van der Waals surface area contributed by atoms with Crippen LogP contribution in [0.15, 0.2) is 0 Å². The Balaban J connectivity index is 2.02. The van der Waals surface area contributed by atoms with Crippen LogP contribution in [0.5, 0.6) is 0 Å². The summed E-state index contributed by atoms with van der Waals surface area (Å²) in [5.41, 5.74) is 1.63. The largest absolute Gasteiger partial charge is 0.352 e. The standard InChI is InChI=1S/C15H24ClN3O/c1-10-14(16)11(2)19(18-10)12(3)15(20)17-13-8-6-4-5-7-9-13/h12-13H,4-9H2,1-3H3,(H,17,20). The summed E-state index contributed by atoms with van der Waals surface area (Å²) in [5, 5.41) is 8.19. The Bertz CT molecular complexity index is 476. The minimum Gasteiger partial charge on any atom is -0.352 e. The Morgan fingerprint density at radius 1 is 1.30 bits per heavy atom. The molecule has 4 nitrogen and oxygen atoms in total. The predicted octanol–water partition coefficient (Wildman–Crippen LogP) is 3.55. The van der Waals surface area contributed by atoms with E-state index in [2.05, 4.69) is 10.4 Å². The molecule has 0 radical (unpaired) electrons. The van der Waals surface area contributed by atoms with E-state index in [4.69, 9.17) is 11.6 Å². The first kappa shape index (κ1) is 15.4. The van der Waals surface area contributed by atoms with Gasteiger partial charge in [0.25, 0.3) is 0 Å². The van der Waals surface area contributed by atoms with Crippen molar-refractivity contribution in [3.05, 3.63) is 16.4 Å². The number of carbonyl (C=O) groups excluding carboxylic acids is 1. The van der Waals surface area contributed by atoms with Gasteiger partial charge < -0.3 is 5.32 Å². The van der Waals surface area contributed by atoms with Gasteiger partial charge in [0.15, 0.2) is 0 Å². The van der Waals surface area contributed by atoms with Crippen molar-refractivity contribution < 1.29 is 4.79 Å². The minimum atomic E-state index is -0.315. The van der Waals surface area contributed by atoms with E-state index in [1.807, 2.05) is 20.8 Å². The number of carbonyl (C=O) groups is 1. The lowest BCUT2D eigenvalue weighted by Gasteiger charge is -2.20. The van der Waals surface area contributed by atoms with Crippen molar-refractivity contribution in [3.8, 4) is 0 Å². The van der Waals surface area contributed by atoms with Gasteiger partial charge in [-0.15, -0.1) is 0 Å². The van der Waals surface area contributed by atoms with E-state index >= 15 is 0 Å². The van der Waals surface area contributed by atoms with Gasteiger partial charge in [0.2, 0.25) is 5.91 Å². The van der Waals surface area contributed by atoms with E-state index in [0.29, 0.717) is 11.1 Å². The Morgan fingerprint density at radius 2 is 1.90 bits per heavy atom. The van der Waals surface area contributed by atoms with Crippen LogP contribution >= 0.6 is 11.6 Å². The molecule has 1 fully saturated rings. The second kappa shape index (κ2) is 6.61. The summed E-state index contributed by atoms with van der Waals surface area (Å²) in [6.07, 6.45) is 7.19. The molecule has 1 aromatic heterocycles. The molecule has 5 heteroatoms. The third-order valence-electron chi connectivity index (χ3n) is 4.18. The topological polar surface area (TPSA) is 46.9 Å². The molecule has 0 spiro atoms. The lowest BCUT2D eigenvalue weighted by Crippen LogP contribution is -2.39. The average molecular weight is 298 g/mol. The molecule has 1 atom stereocenters. The minimum absolute atomic E-state index is 0.0409. The monoisotopic (exact) mass is 297 g/mol. The summed E-state index contributed by atoms with van der Waals surface area (Å²) >= 11 is 6.15. The summed E-state index contributed by atoms with van der Waals surface area (Å²) in [6.45, 7) is 5.64. The molecule has 1 N–H and O–H groups in total. The fourth-order valence-corrected chi connectivity index (χ4v) is 3.00. The summed E-state index contributed by atoms with van der Waals surface area (Å²) in [6, 6.07) is 0.00402. The highest BCUT2D eigenvalue weighted by Gasteiger charge is 2.23. The fourth-order valence-electron chi connectivity index (χ4n) is 2.88. The van der Waals surface area contributed by atoms with Crippen molar-refractivity contribution >= 4 is 17.5 Å². The molecular formula is C15H24ClN3O. The number of nitrogens with one attached hydrogen (secondary N) is 1. The molecule has 2 rings (SSSR count). The first-order chi connectivity index (χ1) is 9.50. The molecule has 0 bridgehead atoms. The van der Waals surface area contributed by atoms with Crippen molar-refractivity contribution in [2.75, 3.05) is 0 Å². The summed E-state index contributed by atoms with van der Waals surface area (Å²) < 4.78 is 1.73. The zero-order valence-electron chi connectivity index (χ0n) is 12.6. The summed E-state index contributed by atoms with van der Waals surface area (Å²) in [7, 11) is 0. The average Bonchev–Trinajstić information content (AvgIpc) is 2.66. The second-order valence-corrected chi connectivity index (χ2v) is 6.18. The summed E-state index contributed by atoms with van der Waals surface area (Å²) in [4.78, 5) is 12.4. The van der Waals surface area contributed by atoms with Gasteiger partial charge in [-0.05, 0) is 33.6 Å². The molecule has 112 valence electrons. The summed E-state index contributed by atoms with van der Waals surface area (Å²) in [5.74, 6) is 0.0409. The van der Waals surface area contributed by atoms with Gasteiger partial charge in [-0.1, -0.05) is 37.3 Å². The molecule has 0 saturated heterocycles. The van der Waals surface area contributed by atoms with Crippen LogP contribution in [-0.4, -0.2) is 21.7 Å². The molecule has 1 aromatic rings. The molecule has 1 amide bonds. The van der Waals surface area contributed by atoms with Crippen molar-refractivity contribution in [2.45, 2.75) is 71.4 Å². The van der Waals surface area contributed by atoms with E-state index in [1.54, 1.807) is 4.68 Å². The Morgan fingerprint density at radius 3 is 2.40 bits per heavy atom. The third kappa shape index (κ3) is 3.35. The number of aromatic nitrogens is 2. The van der Waals surface area contributed by atoms with Crippen LogP contribution in [-0.2, 0) is 4.79 Å². The van der Waals surface area contributed by atoms with Crippen LogP contribution in [0.2, 0.25) is 5.02 Å². The van der Waals surface area contributed by atoms with Gasteiger partial charge in [0.05, 0.1) is 16.4 Å². The SMILES string of the molecule is Cc1nn(C(C)C(=O)NC2CCCCCC2)c(C)c1Cl. The van der Waals surface area contributed by atoms with Gasteiger partial charge >= 0.3 is 0 Å². The van der Waals surface area contributed by atoms with Crippen LogP contribution in [0, 0.1) is 13.8 Å². The van der Waals surface area contributed by atoms with E-state index in [-0.39, 0.29) is 11.9 Å². The Hall–Kier alpha value is -1.03. The number of amides is 1. The van der Waals surface area contributed by atoms with Gasteiger partial charge in [0.1, 0.15) is 6.04 Å². The Labute approximate surface area is 125 Å². The third-order valence-corrected chi connectivity index (χ3v) is 4.73. The maximum Gasteiger partial charge on any atom is 0.244 e. The number of hydrogen-bond acceptors (Lipinski definition) is 2. The maximum absolute atomic E-state index is 12.4. The Kier molecular flexibility index (Phi) is 5.08. The number of aryl methyl sites for hydroxylation is 1. The predicted molar refractivity (Wildman–Crippen MR) is 81.1 cm³/mol. The van der Waals surface area contributed by atoms with Gasteiger partial charge in [-0.25, -0.2) is 0 Å². The van der Waals surface area contributed by atoms with Gasteiger partial charge in [-0.3, -0.25) is 9.48 Å². The maximum atomic E-state index is 12.4. The highest BCUT2D eigenvalue weighted by molar-refractivity contribution is 6.31. The number of halogens is 1. The zero-order valence-corrected chi connectivity index (χ0v) is 13.3. The van der Waals surface area contributed by atoms with Gasteiger partial charge in [-0.2, -0.15) is 5.10 Å². The normalized spacial score (nSPS) is 18.6. The van der Waals surface area contributed by atoms with E-state index in [1.165, 1.54) is 25.7 Å². The molecular weight excluding hydrogens is 274 g/mol. The van der Waals surface area contributed by atoms with Crippen molar-refractivity contribution in [3.63, 3.8) is 0 Å². The molecule has 20 heavy (non-hydrogen) atoms. The van der Waals surface area contributed by atoms with E-state index in [9.17, 15) is 4.79 Å². The van der Waals surface area contributed by atoms with Crippen molar-refractivity contribution in [2.24, 2.45) is 0 Å². The molecule has 1 saturated carbocycles. The first-order valence-corrected chi connectivity index (χ1v) is 7.90.